The summed E-state index contributed by atoms with van der Waals surface area (Å²) in [7, 11) is 0. The van der Waals surface area contributed by atoms with E-state index in [1.165, 1.54) is 6.92 Å². The van der Waals surface area contributed by atoms with Crippen molar-refractivity contribution in [2.45, 2.75) is 13.8 Å². The maximum atomic E-state index is 11.4. The van der Waals surface area contributed by atoms with Crippen molar-refractivity contribution in [1.29, 1.82) is 0 Å². The van der Waals surface area contributed by atoms with Gasteiger partial charge >= 0.3 is 0 Å². The minimum atomic E-state index is -0.113. The fourth-order valence-corrected chi connectivity index (χ4v) is 3.14. The summed E-state index contributed by atoms with van der Waals surface area (Å²) in [5.74, 6) is 0.465. The molecule has 0 unspecified atom stereocenters. The zero-order chi connectivity index (χ0) is 19.5. The van der Waals surface area contributed by atoms with Gasteiger partial charge in [-0.05, 0) is 37.3 Å². The number of nitrogens with zero attached hydrogens (tertiary/aromatic N) is 4. The molecule has 4 aromatic rings. The van der Waals surface area contributed by atoms with Gasteiger partial charge in [-0.2, -0.15) is 5.10 Å². The zero-order valence-electron chi connectivity index (χ0n) is 15.7. The highest BCUT2D eigenvalue weighted by atomic mass is 16.1. The molecule has 3 aromatic heterocycles. The van der Waals surface area contributed by atoms with Crippen molar-refractivity contribution in [3.8, 4) is 22.5 Å². The number of anilines is 2. The van der Waals surface area contributed by atoms with Crippen molar-refractivity contribution in [2.75, 3.05) is 17.2 Å². The predicted octanol–water partition coefficient (Wildman–Crippen LogP) is 3.85. The fourth-order valence-electron chi connectivity index (χ4n) is 3.14. The van der Waals surface area contributed by atoms with Crippen LogP contribution in [0.3, 0.4) is 0 Å². The molecule has 0 saturated heterocycles. The number of benzene rings is 1. The van der Waals surface area contributed by atoms with Crippen LogP contribution in [0.25, 0.3) is 28.0 Å². The number of hydrogen-bond donors (Lipinski definition) is 2. The zero-order valence-corrected chi connectivity index (χ0v) is 15.7. The second-order valence-electron chi connectivity index (χ2n) is 6.31. The standard InChI is InChI=1S/C21H20N6O/c1-3-22-21-23-11-10-17(25-21)19-18-9-4-5-12-27(18)26-20(19)15-7-6-8-16(13-15)24-14(2)28/h4-13H,3H2,1-2H3,(H,24,28)(H,22,23,25). The van der Waals surface area contributed by atoms with Crippen LogP contribution < -0.4 is 10.6 Å². The molecule has 0 radical (unpaired) electrons. The lowest BCUT2D eigenvalue weighted by Gasteiger charge is -2.07. The summed E-state index contributed by atoms with van der Waals surface area (Å²) < 4.78 is 1.84. The molecule has 1 aromatic carbocycles. The van der Waals surface area contributed by atoms with Gasteiger partial charge in [0, 0.05) is 37.1 Å². The van der Waals surface area contributed by atoms with Crippen molar-refractivity contribution >= 4 is 23.1 Å². The Morgan fingerprint density at radius 1 is 1.14 bits per heavy atom. The summed E-state index contributed by atoms with van der Waals surface area (Å²) in [6.45, 7) is 4.24. The van der Waals surface area contributed by atoms with Gasteiger partial charge in [0.05, 0.1) is 16.8 Å². The van der Waals surface area contributed by atoms with Gasteiger partial charge in [-0.25, -0.2) is 14.5 Å². The molecular formula is C21H20N6O. The smallest absolute Gasteiger partial charge is 0.223 e. The fraction of sp³-hybridized carbons (Fsp3) is 0.143. The van der Waals surface area contributed by atoms with E-state index in [0.717, 1.165) is 40.3 Å². The summed E-state index contributed by atoms with van der Waals surface area (Å²) in [5, 5.41) is 10.8. The minimum Gasteiger partial charge on any atom is -0.354 e. The van der Waals surface area contributed by atoms with E-state index >= 15 is 0 Å². The normalized spacial score (nSPS) is 10.8. The molecule has 0 aliphatic rings. The van der Waals surface area contributed by atoms with E-state index in [2.05, 4.69) is 20.6 Å². The van der Waals surface area contributed by atoms with Crippen molar-refractivity contribution in [2.24, 2.45) is 0 Å². The molecule has 3 heterocycles. The highest BCUT2D eigenvalue weighted by Gasteiger charge is 2.18. The number of aromatic nitrogens is 4. The second-order valence-corrected chi connectivity index (χ2v) is 6.31. The number of carbonyl (C=O) groups is 1. The Hall–Kier alpha value is -3.74. The third-order valence-corrected chi connectivity index (χ3v) is 4.24. The summed E-state index contributed by atoms with van der Waals surface area (Å²) in [4.78, 5) is 20.4. The van der Waals surface area contributed by atoms with Crippen LogP contribution in [-0.2, 0) is 4.79 Å². The molecule has 0 saturated carbocycles. The molecule has 4 rings (SSSR count). The maximum absolute atomic E-state index is 11.4. The van der Waals surface area contributed by atoms with E-state index in [4.69, 9.17) is 5.10 Å². The van der Waals surface area contributed by atoms with Gasteiger partial charge in [0.2, 0.25) is 11.9 Å². The van der Waals surface area contributed by atoms with Crippen LogP contribution in [0.5, 0.6) is 0 Å². The number of fused-ring (bicyclic) bond motifs is 1. The Morgan fingerprint density at radius 3 is 2.86 bits per heavy atom. The Balaban J connectivity index is 1.92. The molecule has 1 amide bonds. The molecule has 7 heteroatoms. The Bertz CT molecular complexity index is 1150. The van der Waals surface area contributed by atoms with Crippen LogP contribution in [0.2, 0.25) is 0 Å². The summed E-state index contributed by atoms with van der Waals surface area (Å²) in [5.41, 5.74) is 5.06. The van der Waals surface area contributed by atoms with Gasteiger partial charge in [0.15, 0.2) is 0 Å². The number of rotatable bonds is 5. The quantitative estimate of drug-likeness (QED) is 0.556. The van der Waals surface area contributed by atoms with E-state index in [1.807, 2.05) is 66.2 Å². The number of hydrogen-bond acceptors (Lipinski definition) is 5. The monoisotopic (exact) mass is 372 g/mol. The summed E-state index contributed by atoms with van der Waals surface area (Å²) in [6.07, 6.45) is 3.65. The molecular weight excluding hydrogens is 352 g/mol. The van der Waals surface area contributed by atoms with Gasteiger partial charge in [0.25, 0.3) is 0 Å². The molecule has 7 nitrogen and oxygen atoms in total. The second kappa shape index (κ2) is 7.48. The first-order chi connectivity index (χ1) is 13.7. The lowest BCUT2D eigenvalue weighted by molar-refractivity contribution is -0.114. The van der Waals surface area contributed by atoms with E-state index in [9.17, 15) is 4.79 Å². The van der Waals surface area contributed by atoms with Crippen LogP contribution in [0.4, 0.5) is 11.6 Å². The average molecular weight is 372 g/mol. The SMILES string of the molecule is CCNc1nccc(-c2c(-c3cccc(NC(C)=O)c3)nn3ccccc23)n1. The van der Waals surface area contributed by atoms with E-state index in [0.29, 0.717) is 5.95 Å². The van der Waals surface area contributed by atoms with Crippen LogP contribution >= 0.6 is 0 Å². The Labute approximate surface area is 162 Å². The molecule has 0 spiro atoms. The number of carbonyl (C=O) groups excluding carboxylic acids is 1. The Kier molecular flexibility index (Phi) is 4.72. The number of amides is 1. The minimum absolute atomic E-state index is 0.113. The van der Waals surface area contributed by atoms with Crippen LogP contribution in [-0.4, -0.2) is 32.0 Å². The Morgan fingerprint density at radius 2 is 2.04 bits per heavy atom. The maximum Gasteiger partial charge on any atom is 0.223 e. The van der Waals surface area contributed by atoms with Gasteiger partial charge in [-0.1, -0.05) is 18.2 Å². The van der Waals surface area contributed by atoms with Gasteiger partial charge in [-0.3, -0.25) is 4.79 Å². The number of nitrogens with one attached hydrogen (secondary N) is 2. The molecule has 0 aliphatic carbocycles. The molecule has 140 valence electrons. The largest absolute Gasteiger partial charge is 0.354 e. The predicted molar refractivity (Wildman–Crippen MR) is 110 cm³/mol. The van der Waals surface area contributed by atoms with E-state index in [-0.39, 0.29) is 5.91 Å². The molecule has 28 heavy (non-hydrogen) atoms. The highest BCUT2D eigenvalue weighted by Crippen LogP contribution is 2.35. The van der Waals surface area contributed by atoms with Crippen LogP contribution in [0.1, 0.15) is 13.8 Å². The molecule has 2 N–H and O–H groups in total. The molecule has 0 bridgehead atoms. The number of pyridine rings is 1. The van der Waals surface area contributed by atoms with Gasteiger partial charge in [-0.15, -0.1) is 0 Å². The van der Waals surface area contributed by atoms with Crippen LogP contribution in [0, 0.1) is 0 Å². The van der Waals surface area contributed by atoms with E-state index in [1.54, 1.807) is 6.20 Å². The third kappa shape index (κ3) is 3.42. The summed E-state index contributed by atoms with van der Waals surface area (Å²) in [6, 6.07) is 15.5. The third-order valence-electron chi connectivity index (χ3n) is 4.24. The van der Waals surface area contributed by atoms with Crippen molar-refractivity contribution < 1.29 is 4.79 Å². The first-order valence-corrected chi connectivity index (χ1v) is 9.08. The molecule has 0 aliphatic heterocycles. The van der Waals surface area contributed by atoms with Gasteiger partial charge < -0.3 is 10.6 Å². The van der Waals surface area contributed by atoms with E-state index < -0.39 is 0 Å². The molecule has 0 fully saturated rings. The first-order valence-electron chi connectivity index (χ1n) is 9.08. The van der Waals surface area contributed by atoms with Gasteiger partial charge in [0.1, 0.15) is 5.69 Å². The topological polar surface area (TPSA) is 84.2 Å². The lowest BCUT2D eigenvalue weighted by atomic mass is 10.0. The van der Waals surface area contributed by atoms with Crippen molar-refractivity contribution in [3.63, 3.8) is 0 Å². The van der Waals surface area contributed by atoms with Crippen molar-refractivity contribution in [3.05, 3.63) is 60.9 Å². The van der Waals surface area contributed by atoms with Crippen molar-refractivity contribution in [1.82, 2.24) is 19.6 Å². The first kappa shape index (κ1) is 17.7. The van der Waals surface area contributed by atoms with Crippen LogP contribution in [0.15, 0.2) is 60.9 Å². The average Bonchev–Trinajstić information content (AvgIpc) is 3.08. The highest BCUT2D eigenvalue weighted by molar-refractivity contribution is 5.93. The summed E-state index contributed by atoms with van der Waals surface area (Å²) >= 11 is 0. The molecule has 0 atom stereocenters. The lowest BCUT2D eigenvalue weighted by Crippen LogP contribution is -2.05.